The second kappa shape index (κ2) is 5.84. The summed E-state index contributed by atoms with van der Waals surface area (Å²) in [4.78, 5) is 0. The molecule has 0 aliphatic carbocycles. The predicted molar refractivity (Wildman–Crippen MR) is 65.2 cm³/mol. The van der Waals surface area contributed by atoms with Crippen molar-refractivity contribution in [3.05, 3.63) is 26.6 Å². The van der Waals surface area contributed by atoms with Gasteiger partial charge in [0.05, 0.1) is 31.2 Å². The van der Waals surface area contributed by atoms with Crippen LogP contribution in [-0.4, -0.2) is 30.7 Å². The lowest BCUT2D eigenvalue weighted by molar-refractivity contribution is -0.884. The minimum absolute atomic E-state index is 0. The maximum Gasteiger partial charge on any atom is 0.138 e. The summed E-state index contributed by atoms with van der Waals surface area (Å²) >= 11 is 6.72. The number of phenolic OH excluding ortho intramolecular Hbond substituents is 1. The number of halogens is 3. The Morgan fingerprint density at radius 2 is 1.73 bits per heavy atom. The molecule has 1 aromatic rings. The zero-order valence-electron chi connectivity index (χ0n) is 8.89. The van der Waals surface area contributed by atoms with Crippen molar-refractivity contribution in [1.82, 2.24) is 0 Å². The van der Waals surface area contributed by atoms with Crippen LogP contribution < -0.4 is 24.0 Å². The summed E-state index contributed by atoms with van der Waals surface area (Å²) in [6.45, 7) is 0.796. The molecule has 0 bridgehead atoms. The summed E-state index contributed by atoms with van der Waals surface area (Å²) in [6.07, 6.45) is 0. The third-order valence-corrected chi connectivity index (χ3v) is 2.81. The Morgan fingerprint density at radius 1 is 1.20 bits per heavy atom. The zero-order valence-corrected chi connectivity index (χ0v) is 14.2. The number of rotatable bonds is 2. The Morgan fingerprint density at radius 3 is 2.20 bits per heavy atom. The Balaban J connectivity index is 0.00000196. The first-order valence-corrected chi connectivity index (χ1v) is 5.85. The summed E-state index contributed by atoms with van der Waals surface area (Å²) in [7, 11) is 6.27. The highest BCUT2D eigenvalue weighted by atomic mass is 127. The molecule has 0 saturated carbocycles. The first-order chi connectivity index (χ1) is 6.29. The van der Waals surface area contributed by atoms with Crippen LogP contribution in [0.4, 0.5) is 0 Å². The van der Waals surface area contributed by atoms with Gasteiger partial charge in [-0.1, -0.05) is 15.9 Å². The second-order valence-electron chi connectivity index (χ2n) is 4.34. The topological polar surface area (TPSA) is 20.2 Å². The van der Waals surface area contributed by atoms with Crippen LogP contribution in [0.1, 0.15) is 5.56 Å². The van der Waals surface area contributed by atoms with Crippen LogP contribution in [0.3, 0.4) is 0 Å². The maximum absolute atomic E-state index is 9.81. The zero-order chi connectivity index (χ0) is 10.9. The molecule has 0 fully saturated rings. The largest absolute Gasteiger partial charge is 1.00 e. The van der Waals surface area contributed by atoms with Gasteiger partial charge in [0, 0.05) is 4.47 Å². The number of quaternary nitrogens is 1. The van der Waals surface area contributed by atoms with Gasteiger partial charge < -0.3 is 33.6 Å². The molecule has 0 atom stereocenters. The molecule has 0 aromatic heterocycles. The lowest BCUT2D eigenvalue weighted by Crippen LogP contribution is -3.00. The molecule has 0 spiro atoms. The lowest BCUT2D eigenvalue weighted by atomic mass is 10.2. The number of nitrogens with zero attached hydrogens (tertiary/aromatic N) is 1. The van der Waals surface area contributed by atoms with Gasteiger partial charge in [-0.05, 0) is 28.1 Å². The normalized spacial score (nSPS) is 11.0. The third kappa shape index (κ3) is 5.01. The van der Waals surface area contributed by atoms with Gasteiger partial charge in [0.15, 0.2) is 0 Å². The molecule has 0 amide bonds. The molecule has 0 heterocycles. The summed E-state index contributed by atoms with van der Waals surface area (Å²) in [6, 6.07) is 3.79. The summed E-state index contributed by atoms with van der Waals surface area (Å²) < 4.78 is 2.50. The SMILES string of the molecule is C[N+](C)(C)Cc1cc(Br)cc(Br)c1O.[I-]. The van der Waals surface area contributed by atoms with Crippen LogP contribution in [0, 0.1) is 0 Å². The smallest absolute Gasteiger partial charge is 0.138 e. The van der Waals surface area contributed by atoms with Crippen LogP contribution in [0.25, 0.3) is 0 Å². The summed E-state index contributed by atoms with van der Waals surface area (Å²) in [5.74, 6) is 0.334. The number of hydrogen-bond acceptors (Lipinski definition) is 1. The first-order valence-electron chi connectivity index (χ1n) is 4.27. The van der Waals surface area contributed by atoms with Gasteiger partial charge in [-0.2, -0.15) is 0 Å². The molecular weight excluding hydrogens is 437 g/mol. The quantitative estimate of drug-likeness (QED) is 0.501. The van der Waals surface area contributed by atoms with Crippen LogP contribution in [-0.2, 0) is 6.54 Å². The van der Waals surface area contributed by atoms with Gasteiger partial charge in [-0.25, -0.2) is 0 Å². The summed E-state index contributed by atoms with van der Waals surface area (Å²) in [5, 5.41) is 9.81. The van der Waals surface area contributed by atoms with Gasteiger partial charge in [0.1, 0.15) is 12.3 Å². The molecule has 0 aliphatic rings. The third-order valence-electron chi connectivity index (χ3n) is 1.75. The fourth-order valence-corrected chi connectivity index (χ4v) is 2.56. The maximum atomic E-state index is 9.81. The highest BCUT2D eigenvalue weighted by Gasteiger charge is 2.14. The molecule has 5 heteroatoms. The van der Waals surface area contributed by atoms with Crippen molar-refractivity contribution in [3.8, 4) is 5.75 Å². The van der Waals surface area contributed by atoms with E-state index in [9.17, 15) is 5.11 Å². The van der Waals surface area contributed by atoms with E-state index in [1.807, 2.05) is 12.1 Å². The second-order valence-corrected chi connectivity index (χ2v) is 6.11. The molecule has 2 nitrogen and oxygen atoms in total. The molecule has 1 N–H and O–H groups in total. The van der Waals surface area contributed by atoms with Gasteiger partial charge in [0.25, 0.3) is 0 Å². The molecule has 1 aromatic carbocycles. The molecule has 0 radical (unpaired) electrons. The highest BCUT2D eigenvalue weighted by Crippen LogP contribution is 2.32. The molecule has 0 saturated heterocycles. The fourth-order valence-electron chi connectivity index (χ4n) is 1.25. The van der Waals surface area contributed by atoms with E-state index in [0.717, 1.165) is 25.5 Å². The van der Waals surface area contributed by atoms with E-state index in [-0.39, 0.29) is 24.0 Å². The van der Waals surface area contributed by atoms with Gasteiger partial charge in [-0.3, -0.25) is 0 Å². The molecular formula is C10H14Br2INO. The van der Waals surface area contributed by atoms with E-state index in [0.29, 0.717) is 5.75 Å². The van der Waals surface area contributed by atoms with Gasteiger partial charge in [-0.15, -0.1) is 0 Å². The number of phenols is 1. The molecule has 0 unspecified atom stereocenters. The van der Waals surface area contributed by atoms with Crippen LogP contribution in [0.15, 0.2) is 21.1 Å². The minimum atomic E-state index is 0. The standard InChI is InChI=1S/C10H13Br2NO.HI/c1-13(2,3)6-7-4-8(11)5-9(12)10(7)14;/h4-5H,6H2,1-3H3;1H. The van der Waals surface area contributed by atoms with Crippen LogP contribution in [0.2, 0.25) is 0 Å². The average molecular weight is 451 g/mol. The van der Waals surface area contributed by atoms with Crippen molar-refractivity contribution in [2.45, 2.75) is 6.54 Å². The van der Waals surface area contributed by atoms with E-state index in [4.69, 9.17) is 0 Å². The predicted octanol–water partition coefficient (Wildman–Crippen LogP) is 0.127. The Hall–Kier alpha value is 0.670. The highest BCUT2D eigenvalue weighted by molar-refractivity contribution is 9.11. The van der Waals surface area contributed by atoms with Crippen molar-refractivity contribution in [3.63, 3.8) is 0 Å². The lowest BCUT2D eigenvalue weighted by Gasteiger charge is -2.24. The van der Waals surface area contributed by atoms with Gasteiger partial charge in [0.2, 0.25) is 0 Å². The van der Waals surface area contributed by atoms with Crippen LogP contribution >= 0.6 is 31.9 Å². The average Bonchev–Trinajstić information content (AvgIpc) is 1.96. The Labute approximate surface area is 125 Å². The van der Waals surface area contributed by atoms with E-state index < -0.39 is 0 Å². The number of aromatic hydroxyl groups is 1. The Kier molecular flexibility index (Phi) is 6.10. The van der Waals surface area contributed by atoms with E-state index in [2.05, 4.69) is 53.0 Å². The minimum Gasteiger partial charge on any atom is -1.00 e. The van der Waals surface area contributed by atoms with Crippen molar-refractivity contribution < 1.29 is 33.6 Å². The number of hydrogen-bond donors (Lipinski definition) is 1. The van der Waals surface area contributed by atoms with E-state index in [1.165, 1.54) is 0 Å². The van der Waals surface area contributed by atoms with Crippen molar-refractivity contribution in [1.29, 1.82) is 0 Å². The molecule has 1 rings (SSSR count). The van der Waals surface area contributed by atoms with Crippen LogP contribution in [0.5, 0.6) is 5.75 Å². The number of benzene rings is 1. The Bertz CT molecular complexity index is 350. The van der Waals surface area contributed by atoms with Crippen molar-refractivity contribution >= 4 is 31.9 Å². The van der Waals surface area contributed by atoms with Crippen molar-refractivity contribution in [2.24, 2.45) is 0 Å². The first kappa shape index (κ1) is 15.7. The monoisotopic (exact) mass is 449 g/mol. The fraction of sp³-hybridized carbons (Fsp3) is 0.400. The van der Waals surface area contributed by atoms with E-state index >= 15 is 0 Å². The van der Waals surface area contributed by atoms with Crippen molar-refractivity contribution in [2.75, 3.05) is 21.1 Å². The van der Waals surface area contributed by atoms with Gasteiger partial charge >= 0.3 is 0 Å². The molecule has 0 aliphatic heterocycles. The molecule has 86 valence electrons. The van der Waals surface area contributed by atoms with E-state index in [1.54, 1.807) is 0 Å². The molecule has 15 heavy (non-hydrogen) atoms. The summed E-state index contributed by atoms with van der Waals surface area (Å²) in [5.41, 5.74) is 0.943.